The second kappa shape index (κ2) is 7.80. The lowest BCUT2D eigenvalue weighted by atomic mass is 10.0. The monoisotopic (exact) mass is 348 g/mol. The van der Waals surface area contributed by atoms with Crippen molar-refractivity contribution in [1.29, 1.82) is 0 Å². The minimum atomic E-state index is -1.07. The average molecular weight is 348 g/mol. The van der Waals surface area contributed by atoms with Crippen molar-refractivity contribution >= 4 is 22.6 Å². The molecule has 0 aliphatic heterocycles. The third-order valence-corrected chi connectivity index (χ3v) is 4.30. The van der Waals surface area contributed by atoms with E-state index in [-0.39, 0.29) is 5.91 Å². The summed E-state index contributed by atoms with van der Waals surface area (Å²) in [6, 6.07) is 21.5. The highest BCUT2D eigenvalue weighted by molar-refractivity contribution is 5.96. The summed E-state index contributed by atoms with van der Waals surface area (Å²) in [6.07, 6.45) is 0. The number of nitrogens with zero attached hydrogens (tertiary/aromatic N) is 1. The van der Waals surface area contributed by atoms with Crippen LogP contribution in [0.3, 0.4) is 0 Å². The van der Waals surface area contributed by atoms with Gasteiger partial charge in [-0.1, -0.05) is 60.7 Å². The first-order valence-corrected chi connectivity index (χ1v) is 8.39. The van der Waals surface area contributed by atoms with Crippen molar-refractivity contribution in [3.05, 3.63) is 83.9 Å². The van der Waals surface area contributed by atoms with Crippen molar-refractivity contribution < 1.29 is 14.7 Å². The summed E-state index contributed by atoms with van der Waals surface area (Å²) in [4.78, 5) is 24.2. The highest BCUT2D eigenvalue weighted by atomic mass is 16.4. The van der Waals surface area contributed by atoms with Gasteiger partial charge in [0.15, 0.2) is 0 Å². The van der Waals surface area contributed by atoms with E-state index in [4.69, 9.17) is 0 Å². The Labute approximate surface area is 151 Å². The molecule has 0 aliphatic rings. The third-order valence-electron chi connectivity index (χ3n) is 4.30. The molecule has 3 aromatic carbocycles. The van der Waals surface area contributed by atoms with E-state index < -0.39 is 12.0 Å². The van der Waals surface area contributed by atoms with E-state index in [1.165, 1.54) is 11.9 Å². The molecule has 0 aliphatic carbocycles. The smallest absolute Gasteiger partial charge is 0.327 e. The molecule has 0 radical (unpaired) electrons. The van der Waals surface area contributed by atoms with Crippen molar-refractivity contribution in [2.75, 3.05) is 0 Å². The highest BCUT2D eigenvalue weighted by Crippen LogP contribution is 2.18. The minimum Gasteiger partial charge on any atom is -0.480 e. The van der Waals surface area contributed by atoms with Gasteiger partial charge in [-0.15, -0.1) is 0 Å². The first kappa shape index (κ1) is 17.6. The predicted molar refractivity (Wildman–Crippen MR) is 100 cm³/mol. The van der Waals surface area contributed by atoms with Crippen LogP contribution in [0, 0.1) is 0 Å². The van der Waals surface area contributed by atoms with Crippen LogP contribution >= 0.6 is 0 Å². The largest absolute Gasteiger partial charge is 0.480 e. The summed E-state index contributed by atoms with van der Waals surface area (Å²) >= 11 is 0. The highest BCUT2D eigenvalue weighted by Gasteiger charge is 2.26. The molecule has 0 saturated carbocycles. The zero-order valence-corrected chi connectivity index (χ0v) is 14.4. The number of fused-ring (bicyclic) bond motifs is 1. The Morgan fingerprint density at radius 1 is 0.962 bits per heavy atom. The third kappa shape index (κ3) is 3.73. The number of hydrogen-bond acceptors (Lipinski definition) is 3. The van der Waals surface area contributed by atoms with E-state index in [9.17, 15) is 14.7 Å². The van der Waals surface area contributed by atoms with Crippen molar-refractivity contribution in [2.45, 2.75) is 19.5 Å². The Morgan fingerprint density at radius 3 is 2.35 bits per heavy atom. The maximum Gasteiger partial charge on any atom is 0.327 e. The number of rotatable bonds is 6. The van der Waals surface area contributed by atoms with Gasteiger partial charge in [0.1, 0.15) is 6.04 Å². The van der Waals surface area contributed by atoms with Crippen LogP contribution in [0.4, 0.5) is 0 Å². The van der Waals surface area contributed by atoms with Crippen LogP contribution in [-0.4, -0.2) is 28.0 Å². The molecule has 3 aromatic rings. The Hall–Kier alpha value is -3.18. The maximum absolute atomic E-state index is 12.8. The number of amides is 1. The number of nitrogens with one attached hydrogen (secondary N) is 1. The lowest BCUT2D eigenvalue weighted by Crippen LogP contribution is -2.51. The normalized spacial score (nSPS) is 11.9. The number of benzene rings is 3. The summed E-state index contributed by atoms with van der Waals surface area (Å²) in [7, 11) is 0. The molecule has 1 amide bonds. The molecular weight excluding hydrogens is 328 g/mol. The van der Waals surface area contributed by atoms with Crippen LogP contribution in [-0.2, 0) is 11.3 Å². The van der Waals surface area contributed by atoms with E-state index in [2.05, 4.69) is 5.43 Å². The van der Waals surface area contributed by atoms with E-state index in [1.807, 2.05) is 48.5 Å². The number of hydrogen-bond donors (Lipinski definition) is 2. The van der Waals surface area contributed by atoms with Crippen molar-refractivity contribution in [1.82, 2.24) is 10.4 Å². The Bertz CT molecular complexity index is 919. The van der Waals surface area contributed by atoms with Gasteiger partial charge in [0.2, 0.25) is 0 Å². The van der Waals surface area contributed by atoms with Crippen molar-refractivity contribution in [2.24, 2.45) is 0 Å². The van der Waals surface area contributed by atoms with Crippen LogP contribution in [0.25, 0.3) is 10.8 Å². The molecule has 0 aromatic heterocycles. The van der Waals surface area contributed by atoms with Gasteiger partial charge in [0, 0.05) is 12.1 Å². The van der Waals surface area contributed by atoms with E-state index in [1.54, 1.807) is 24.3 Å². The molecule has 0 saturated heterocycles. The number of carboxylic acids is 1. The maximum atomic E-state index is 12.8. The van der Waals surface area contributed by atoms with Gasteiger partial charge >= 0.3 is 5.97 Å². The second-order valence-electron chi connectivity index (χ2n) is 6.03. The van der Waals surface area contributed by atoms with Crippen LogP contribution < -0.4 is 5.43 Å². The Balaban J connectivity index is 1.86. The van der Waals surface area contributed by atoms with Gasteiger partial charge in [-0.2, -0.15) is 0 Å². The first-order valence-electron chi connectivity index (χ1n) is 8.39. The summed E-state index contributed by atoms with van der Waals surface area (Å²) in [5.74, 6) is -1.44. The van der Waals surface area contributed by atoms with Crippen molar-refractivity contribution in [3.63, 3.8) is 0 Å². The molecule has 5 heteroatoms. The summed E-state index contributed by atoms with van der Waals surface area (Å²) in [6.45, 7) is 1.83. The molecule has 132 valence electrons. The molecule has 0 heterocycles. The first-order chi connectivity index (χ1) is 12.6. The van der Waals surface area contributed by atoms with Gasteiger partial charge in [-0.3, -0.25) is 9.80 Å². The molecular formula is C21H20N2O3. The van der Waals surface area contributed by atoms with Crippen LogP contribution in [0.15, 0.2) is 72.8 Å². The summed E-state index contributed by atoms with van der Waals surface area (Å²) < 4.78 is 0. The number of carbonyl (C=O) groups is 2. The zero-order valence-electron chi connectivity index (χ0n) is 14.4. The fraction of sp³-hybridized carbons (Fsp3) is 0.143. The van der Waals surface area contributed by atoms with Gasteiger partial charge in [0.05, 0.1) is 0 Å². The number of hydrazine groups is 1. The standard InChI is InChI=1S/C21H20N2O3/c1-15(21(25)26)23(20(24)17-9-3-2-4-10-17)22-14-18-12-7-11-16-8-5-6-13-19(16)18/h2-13,15,22H,14H2,1H3,(H,25,26). The van der Waals surface area contributed by atoms with Crippen LogP contribution in [0.1, 0.15) is 22.8 Å². The van der Waals surface area contributed by atoms with Gasteiger partial charge < -0.3 is 5.11 Å². The fourth-order valence-corrected chi connectivity index (χ4v) is 2.83. The Kier molecular flexibility index (Phi) is 5.29. The molecule has 0 fully saturated rings. The molecule has 0 bridgehead atoms. The number of carbonyl (C=O) groups excluding carboxylic acids is 1. The quantitative estimate of drug-likeness (QED) is 0.669. The molecule has 1 atom stereocenters. The van der Waals surface area contributed by atoms with Gasteiger partial charge in [0.25, 0.3) is 5.91 Å². The summed E-state index contributed by atoms with van der Waals surface area (Å²) in [5, 5.41) is 12.7. The van der Waals surface area contributed by atoms with E-state index in [0.717, 1.165) is 16.3 Å². The molecule has 26 heavy (non-hydrogen) atoms. The van der Waals surface area contributed by atoms with Gasteiger partial charge in [-0.25, -0.2) is 10.2 Å². The predicted octanol–water partition coefficient (Wildman–Crippen LogP) is 3.46. The number of aliphatic carboxylic acids is 1. The zero-order chi connectivity index (χ0) is 18.5. The summed E-state index contributed by atoms with van der Waals surface area (Å²) in [5.41, 5.74) is 4.44. The fourth-order valence-electron chi connectivity index (χ4n) is 2.83. The molecule has 5 nitrogen and oxygen atoms in total. The molecule has 2 N–H and O–H groups in total. The van der Waals surface area contributed by atoms with E-state index in [0.29, 0.717) is 12.1 Å². The topological polar surface area (TPSA) is 69.6 Å². The Morgan fingerprint density at radius 2 is 1.62 bits per heavy atom. The van der Waals surface area contributed by atoms with Crippen LogP contribution in [0.5, 0.6) is 0 Å². The second-order valence-corrected chi connectivity index (χ2v) is 6.03. The molecule has 3 rings (SSSR count). The average Bonchev–Trinajstić information content (AvgIpc) is 2.68. The molecule has 0 spiro atoms. The lowest BCUT2D eigenvalue weighted by molar-refractivity contribution is -0.142. The molecule has 1 unspecified atom stereocenters. The van der Waals surface area contributed by atoms with Gasteiger partial charge in [-0.05, 0) is 35.4 Å². The van der Waals surface area contributed by atoms with Crippen LogP contribution in [0.2, 0.25) is 0 Å². The number of carboxylic acid groups (broad SMARTS) is 1. The SMILES string of the molecule is CC(C(=O)O)N(NCc1cccc2ccccc12)C(=O)c1ccccc1. The minimum absolute atomic E-state index is 0.345. The van der Waals surface area contributed by atoms with E-state index >= 15 is 0 Å². The van der Waals surface area contributed by atoms with Crippen molar-refractivity contribution in [3.8, 4) is 0 Å². The lowest BCUT2D eigenvalue weighted by Gasteiger charge is -2.27.